The molecule has 0 atom stereocenters. The molecule has 1 heterocycles. The predicted octanol–water partition coefficient (Wildman–Crippen LogP) is 17.7. The Hall–Kier alpha value is -8.20. The van der Waals surface area contributed by atoms with E-state index in [0.717, 1.165) is 44.4 Å². The Labute approximate surface area is 403 Å². The summed E-state index contributed by atoms with van der Waals surface area (Å²) in [5, 5.41) is 2.27. The van der Waals surface area contributed by atoms with Crippen LogP contribution in [0.2, 0.25) is 0 Å². The molecule has 0 radical (unpaired) electrons. The first kappa shape index (κ1) is 39.9. The van der Waals surface area contributed by atoms with Gasteiger partial charge in [0.15, 0.2) is 0 Å². The minimum atomic E-state index is -0.537. The molecule has 69 heavy (non-hydrogen) atoms. The summed E-state index contributed by atoms with van der Waals surface area (Å²) < 4.78 is 6.24. The Kier molecular flexibility index (Phi) is 8.33. The van der Waals surface area contributed by atoms with Crippen molar-refractivity contribution >= 4 is 39.0 Å². The number of hydrogen-bond donors (Lipinski definition) is 0. The Morgan fingerprint density at radius 2 is 0.884 bits per heavy atom. The second kappa shape index (κ2) is 14.4. The third-order valence-electron chi connectivity index (χ3n) is 16.2. The van der Waals surface area contributed by atoms with E-state index in [1.54, 1.807) is 0 Å². The van der Waals surface area contributed by atoms with Crippen molar-refractivity contribution in [1.82, 2.24) is 0 Å². The van der Waals surface area contributed by atoms with Crippen LogP contribution in [-0.2, 0) is 16.2 Å². The third kappa shape index (κ3) is 5.49. The second-order valence-electron chi connectivity index (χ2n) is 20.4. The molecule has 0 aliphatic heterocycles. The van der Waals surface area contributed by atoms with Crippen LogP contribution in [0.5, 0.6) is 0 Å². The van der Waals surface area contributed by atoms with E-state index in [4.69, 9.17) is 4.42 Å². The number of fused-ring (bicyclic) bond motifs is 12. The molecule has 0 fully saturated rings. The molecule has 0 spiro atoms. The lowest BCUT2D eigenvalue weighted by molar-refractivity contribution is 0.652. The lowest BCUT2D eigenvalue weighted by Crippen LogP contribution is -2.28. The number of para-hydroxylation sites is 1. The smallest absolute Gasteiger partial charge is 0.135 e. The van der Waals surface area contributed by atoms with Gasteiger partial charge in [-0.05, 0) is 144 Å². The van der Waals surface area contributed by atoms with Gasteiger partial charge >= 0.3 is 0 Å². The van der Waals surface area contributed by atoms with Crippen LogP contribution in [0.3, 0.4) is 0 Å². The van der Waals surface area contributed by atoms with Crippen molar-refractivity contribution in [3.8, 4) is 44.5 Å². The monoisotopic (exact) mass is 883 g/mol. The molecular weight excluding hydrogens is 835 g/mol. The molecule has 0 bridgehead atoms. The van der Waals surface area contributed by atoms with E-state index in [1.165, 1.54) is 83.6 Å². The van der Waals surface area contributed by atoms with Gasteiger partial charge in [-0.1, -0.05) is 191 Å². The van der Waals surface area contributed by atoms with Gasteiger partial charge in [-0.15, -0.1) is 0 Å². The zero-order valence-electron chi connectivity index (χ0n) is 39.2. The molecule has 0 saturated heterocycles. The number of anilines is 3. The van der Waals surface area contributed by atoms with Gasteiger partial charge in [0.05, 0.1) is 11.1 Å². The fraction of sp³-hybridized carbons (Fsp3) is 0.104. The number of rotatable bonds is 6. The van der Waals surface area contributed by atoms with Crippen LogP contribution in [0.15, 0.2) is 229 Å². The van der Waals surface area contributed by atoms with Crippen molar-refractivity contribution in [2.24, 2.45) is 0 Å². The molecule has 0 unspecified atom stereocenters. The Balaban J connectivity index is 1.01. The van der Waals surface area contributed by atoms with E-state index in [9.17, 15) is 0 Å². The van der Waals surface area contributed by atoms with Crippen molar-refractivity contribution in [1.29, 1.82) is 0 Å². The third-order valence-corrected chi connectivity index (χ3v) is 16.2. The average Bonchev–Trinajstić information content (AvgIpc) is 4.06. The lowest BCUT2D eigenvalue weighted by atomic mass is 9.67. The fourth-order valence-electron chi connectivity index (χ4n) is 12.9. The molecule has 0 N–H and O–H groups in total. The summed E-state index contributed by atoms with van der Waals surface area (Å²) in [5.41, 5.74) is 25.1. The van der Waals surface area contributed by atoms with Crippen molar-refractivity contribution < 1.29 is 4.42 Å². The van der Waals surface area contributed by atoms with Crippen LogP contribution in [0.4, 0.5) is 17.1 Å². The predicted molar refractivity (Wildman–Crippen MR) is 286 cm³/mol. The summed E-state index contributed by atoms with van der Waals surface area (Å²) in [5.74, 6) is 0. The van der Waals surface area contributed by atoms with Gasteiger partial charge in [-0.25, -0.2) is 0 Å². The van der Waals surface area contributed by atoms with Gasteiger partial charge in [0.1, 0.15) is 11.2 Å². The van der Waals surface area contributed by atoms with Crippen molar-refractivity contribution in [2.75, 3.05) is 4.90 Å². The molecular formula is C67H49NO. The highest BCUT2D eigenvalue weighted by molar-refractivity contribution is 6.06. The van der Waals surface area contributed by atoms with E-state index in [1.807, 2.05) is 12.1 Å². The summed E-state index contributed by atoms with van der Waals surface area (Å²) in [4.78, 5) is 2.54. The minimum Gasteiger partial charge on any atom is -0.456 e. The number of hydrogen-bond acceptors (Lipinski definition) is 2. The van der Waals surface area contributed by atoms with Gasteiger partial charge < -0.3 is 9.32 Å². The highest BCUT2D eigenvalue weighted by Gasteiger charge is 2.47. The van der Waals surface area contributed by atoms with Gasteiger partial charge in [0, 0.05) is 38.5 Å². The highest BCUT2D eigenvalue weighted by Crippen LogP contribution is 2.61. The van der Waals surface area contributed by atoms with Gasteiger partial charge in [0.25, 0.3) is 0 Å². The van der Waals surface area contributed by atoms with Crippen LogP contribution in [0, 0.1) is 0 Å². The first-order valence-corrected chi connectivity index (χ1v) is 24.3. The molecule has 0 saturated carbocycles. The Morgan fingerprint density at radius 1 is 0.333 bits per heavy atom. The van der Waals surface area contributed by atoms with E-state index in [2.05, 4.69) is 245 Å². The van der Waals surface area contributed by atoms with E-state index in [0.29, 0.717) is 0 Å². The van der Waals surface area contributed by atoms with Gasteiger partial charge in [-0.2, -0.15) is 0 Å². The molecule has 1 aromatic heterocycles. The molecule has 11 aromatic rings. The van der Waals surface area contributed by atoms with Crippen LogP contribution < -0.4 is 4.90 Å². The molecule has 3 aliphatic rings. The topological polar surface area (TPSA) is 16.4 Å². The standard InChI is InChI=1S/C67H49NO/c1-65(2)55-25-14-11-23-49(55)52-40-59-54(41-58(52)65)64-57(66(59,3)4)27-17-28-61(64)68(46-33-30-42(31-34-46)43-32-37-63-53(38-43)51-24-13-16-29-62(51)69-63)47-35-36-50-48-22-12-15-26-56(48)67(60(50)39-47,44-18-7-5-8-19-44)45-20-9-6-10-21-45/h5-41H,1-4H3. The lowest BCUT2D eigenvalue weighted by Gasteiger charge is -2.35. The molecule has 3 aliphatic carbocycles. The van der Waals surface area contributed by atoms with Crippen molar-refractivity contribution in [2.45, 2.75) is 43.9 Å². The molecule has 328 valence electrons. The zero-order chi connectivity index (χ0) is 46.2. The molecule has 14 rings (SSSR count). The fourth-order valence-corrected chi connectivity index (χ4v) is 12.9. The largest absolute Gasteiger partial charge is 0.456 e. The molecule has 2 heteroatoms. The number of benzene rings is 10. The van der Waals surface area contributed by atoms with Crippen LogP contribution in [-0.4, -0.2) is 0 Å². The van der Waals surface area contributed by atoms with Crippen molar-refractivity contribution in [3.63, 3.8) is 0 Å². The first-order chi connectivity index (χ1) is 33.7. The minimum absolute atomic E-state index is 0.128. The van der Waals surface area contributed by atoms with E-state index < -0.39 is 5.41 Å². The van der Waals surface area contributed by atoms with Gasteiger partial charge in [-0.3, -0.25) is 0 Å². The maximum absolute atomic E-state index is 6.24. The number of nitrogens with zero attached hydrogens (tertiary/aromatic N) is 1. The Bertz CT molecular complexity index is 3850. The summed E-state index contributed by atoms with van der Waals surface area (Å²) in [6.07, 6.45) is 0. The maximum Gasteiger partial charge on any atom is 0.135 e. The van der Waals surface area contributed by atoms with Crippen molar-refractivity contribution in [3.05, 3.63) is 269 Å². The molecule has 2 nitrogen and oxygen atoms in total. The van der Waals surface area contributed by atoms with E-state index >= 15 is 0 Å². The normalized spacial score (nSPS) is 15.0. The van der Waals surface area contributed by atoms with Crippen LogP contribution in [0.1, 0.15) is 72.2 Å². The zero-order valence-corrected chi connectivity index (χ0v) is 39.2. The van der Waals surface area contributed by atoms with Crippen LogP contribution >= 0.6 is 0 Å². The quantitative estimate of drug-likeness (QED) is 0.165. The summed E-state index contributed by atoms with van der Waals surface area (Å²) in [6, 6.07) is 83.8. The summed E-state index contributed by atoms with van der Waals surface area (Å²) in [7, 11) is 0. The highest BCUT2D eigenvalue weighted by atomic mass is 16.3. The Morgan fingerprint density at radius 3 is 1.64 bits per heavy atom. The second-order valence-corrected chi connectivity index (χ2v) is 20.4. The maximum atomic E-state index is 6.24. The summed E-state index contributed by atoms with van der Waals surface area (Å²) >= 11 is 0. The van der Waals surface area contributed by atoms with E-state index in [-0.39, 0.29) is 10.8 Å². The summed E-state index contributed by atoms with van der Waals surface area (Å²) in [6.45, 7) is 9.62. The molecule has 0 amide bonds. The average molecular weight is 884 g/mol. The number of furan rings is 1. The van der Waals surface area contributed by atoms with Crippen LogP contribution in [0.25, 0.3) is 66.4 Å². The molecule has 10 aromatic carbocycles. The first-order valence-electron chi connectivity index (χ1n) is 24.3. The van der Waals surface area contributed by atoms with Gasteiger partial charge in [0.2, 0.25) is 0 Å². The SMILES string of the molecule is CC1(C)c2ccccc2-c2cc3c(cc21)-c1c(N(c2ccc(-c4ccc5oc6ccccc6c5c4)cc2)c2ccc4c(c2)C(c2ccccc2)(c2ccccc2)c2ccccc2-4)cccc1C3(C)C.